The van der Waals surface area contributed by atoms with Crippen molar-refractivity contribution in [2.24, 2.45) is 0 Å². The maximum absolute atomic E-state index is 5.37. The van der Waals surface area contributed by atoms with Crippen LogP contribution in [0.1, 0.15) is 0 Å². The predicted octanol–water partition coefficient (Wildman–Crippen LogP) is 4.05. The Balaban J connectivity index is 1.75. The normalized spacial score (nSPS) is 10.2. The third-order valence-corrected chi connectivity index (χ3v) is 3.45. The second-order valence-corrected chi connectivity index (χ2v) is 5.09. The van der Waals surface area contributed by atoms with Crippen LogP contribution in [0.15, 0.2) is 60.8 Å². The molecule has 3 aromatic rings. The molecule has 4 nitrogen and oxygen atoms in total. The minimum absolute atomic E-state index is 0.529. The van der Waals surface area contributed by atoms with Crippen LogP contribution in [-0.4, -0.2) is 17.2 Å². The van der Waals surface area contributed by atoms with Crippen LogP contribution in [0.5, 0.6) is 5.75 Å². The summed E-state index contributed by atoms with van der Waals surface area (Å²) in [5.41, 5.74) is 2.76. The molecule has 0 unspecified atom stereocenters. The third kappa shape index (κ3) is 3.15. The Bertz CT molecular complexity index is 797. The van der Waals surface area contributed by atoms with Gasteiger partial charge in [0.25, 0.3) is 0 Å². The Morgan fingerprint density at radius 1 is 1.00 bits per heavy atom. The molecule has 1 aromatic heterocycles. The summed E-state index contributed by atoms with van der Waals surface area (Å²) in [7, 11) is 1.64. The molecule has 0 saturated carbocycles. The van der Waals surface area contributed by atoms with E-state index in [1.54, 1.807) is 13.3 Å². The molecule has 2 aromatic carbocycles. The standard InChI is InChI=1S/C17H15N3OS/c1-21-13-9-7-12(8-10-13)19-17(22)20-16-6-2-5-15-14(16)4-3-11-18-15/h2-11H,1H3,(H2,19,20,22). The molecular formula is C17H15N3OS. The number of hydrogen-bond donors (Lipinski definition) is 2. The summed E-state index contributed by atoms with van der Waals surface area (Å²) < 4.78 is 5.13. The van der Waals surface area contributed by atoms with Gasteiger partial charge in [-0.1, -0.05) is 6.07 Å². The van der Waals surface area contributed by atoms with E-state index in [1.807, 2.05) is 54.6 Å². The van der Waals surface area contributed by atoms with Crippen molar-refractivity contribution in [1.29, 1.82) is 0 Å². The summed E-state index contributed by atoms with van der Waals surface area (Å²) in [6, 6.07) is 17.4. The zero-order valence-electron chi connectivity index (χ0n) is 12.0. The first-order valence-corrected chi connectivity index (χ1v) is 7.23. The van der Waals surface area contributed by atoms with Crippen molar-refractivity contribution in [2.75, 3.05) is 17.7 Å². The van der Waals surface area contributed by atoms with Gasteiger partial charge in [0.05, 0.1) is 12.6 Å². The quantitative estimate of drug-likeness (QED) is 0.715. The molecule has 0 radical (unpaired) electrons. The number of fused-ring (bicyclic) bond motifs is 1. The molecular weight excluding hydrogens is 294 g/mol. The highest BCUT2D eigenvalue weighted by Gasteiger charge is 2.04. The molecule has 0 aliphatic heterocycles. The van der Waals surface area contributed by atoms with Crippen molar-refractivity contribution in [1.82, 2.24) is 4.98 Å². The van der Waals surface area contributed by atoms with E-state index in [4.69, 9.17) is 17.0 Å². The Labute approximate surface area is 134 Å². The summed E-state index contributed by atoms with van der Waals surface area (Å²) >= 11 is 5.37. The lowest BCUT2D eigenvalue weighted by atomic mass is 10.2. The summed E-state index contributed by atoms with van der Waals surface area (Å²) in [6.45, 7) is 0. The molecule has 0 spiro atoms. The van der Waals surface area contributed by atoms with Gasteiger partial charge in [-0.15, -0.1) is 0 Å². The van der Waals surface area contributed by atoms with Crippen molar-refractivity contribution >= 4 is 39.6 Å². The highest BCUT2D eigenvalue weighted by atomic mass is 32.1. The lowest BCUT2D eigenvalue weighted by Crippen LogP contribution is -2.19. The molecule has 5 heteroatoms. The van der Waals surface area contributed by atoms with Gasteiger partial charge in [0.1, 0.15) is 5.75 Å². The number of benzene rings is 2. The molecule has 22 heavy (non-hydrogen) atoms. The van der Waals surface area contributed by atoms with E-state index in [1.165, 1.54) is 0 Å². The van der Waals surface area contributed by atoms with E-state index in [9.17, 15) is 0 Å². The van der Waals surface area contributed by atoms with Crippen LogP contribution < -0.4 is 15.4 Å². The number of pyridine rings is 1. The molecule has 0 aliphatic rings. The Morgan fingerprint density at radius 2 is 1.82 bits per heavy atom. The number of nitrogens with zero attached hydrogens (tertiary/aromatic N) is 1. The molecule has 0 atom stereocenters. The second kappa shape index (κ2) is 6.41. The van der Waals surface area contributed by atoms with E-state index >= 15 is 0 Å². The SMILES string of the molecule is COc1ccc(NC(=S)Nc2cccc3ncccc23)cc1. The predicted molar refractivity (Wildman–Crippen MR) is 94.6 cm³/mol. The topological polar surface area (TPSA) is 46.2 Å². The van der Waals surface area contributed by atoms with Crippen LogP contribution in [0.4, 0.5) is 11.4 Å². The van der Waals surface area contributed by atoms with E-state index in [0.717, 1.165) is 28.0 Å². The fourth-order valence-electron chi connectivity index (χ4n) is 2.17. The Morgan fingerprint density at radius 3 is 2.59 bits per heavy atom. The highest BCUT2D eigenvalue weighted by Crippen LogP contribution is 2.22. The van der Waals surface area contributed by atoms with Gasteiger partial charge in [0.15, 0.2) is 5.11 Å². The number of thiocarbonyl (C=S) groups is 1. The zero-order chi connectivity index (χ0) is 15.4. The van der Waals surface area contributed by atoms with Crippen molar-refractivity contribution < 1.29 is 4.74 Å². The van der Waals surface area contributed by atoms with Crippen LogP contribution in [0.25, 0.3) is 10.9 Å². The van der Waals surface area contributed by atoms with E-state index < -0.39 is 0 Å². The van der Waals surface area contributed by atoms with E-state index in [2.05, 4.69) is 15.6 Å². The molecule has 0 saturated heterocycles. The summed E-state index contributed by atoms with van der Waals surface area (Å²) in [5, 5.41) is 7.92. The maximum Gasteiger partial charge on any atom is 0.175 e. The highest BCUT2D eigenvalue weighted by molar-refractivity contribution is 7.80. The van der Waals surface area contributed by atoms with Gasteiger partial charge in [-0.05, 0) is 60.7 Å². The number of anilines is 2. The van der Waals surface area contributed by atoms with Gasteiger partial charge in [0.2, 0.25) is 0 Å². The van der Waals surface area contributed by atoms with Crippen LogP contribution in [0.2, 0.25) is 0 Å². The Hall–Kier alpha value is -2.66. The van der Waals surface area contributed by atoms with Crippen LogP contribution >= 0.6 is 12.2 Å². The monoisotopic (exact) mass is 309 g/mol. The molecule has 2 N–H and O–H groups in total. The lowest BCUT2D eigenvalue weighted by molar-refractivity contribution is 0.415. The molecule has 0 amide bonds. The number of nitrogens with one attached hydrogen (secondary N) is 2. The number of hydrogen-bond acceptors (Lipinski definition) is 3. The average molecular weight is 309 g/mol. The van der Waals surface area contributed by atoms with Gasteiger partial charge in [0, 0.05) is 23.0 Å². The maximum atomic E-state index is 5.37. The molecule has 110 valence electrons. The number of methoxy groups -OCH3 is 1. The summed E-state index contributed by atoms with van der Waals surface area (Å²) in [6.07, 6.45) is 1.78. The molecule has 3 rings (SSSR count). The fourth-order valence-corrected chi connectivity index (χ4v) is 2.40. The fraction of sp³-hybridized carbons (Fsp3) is 0.0588. The van der Waals surface area contributed by atoms with Crippen molar-refractivity contribution in [2.45, 2.75) is 0 Å². The molecule has 0 aliphatic carbocycles. The third-order valence-electron chi connectivity index (χ3n) is 3.24. The van der Waals surface area contributed by atoms with E-state index in [0.29, 0.717) is 5.11 Å². The van der Waals surface area contributed by atoms with Crippen molar-refractivity contribution in [3.8, 4) is 5.75 Å². The van der Waals surface area contributed by atoms with Crippen LogP contribution in [0.3, 0.4) is 0 Å². The number of aromatic nitrogens is 1. The van der Waals surface area contributed by atoms with Gasteiger partial charge in [-0.2, -0.15) is 0 Å². The minimum Gasteiger partial charge on any atom is -0.497 e. The van der Waals surface area contributed by atoms with Gasteiger partial charge < -0.3 is 15.4 Å². The second-order valence-electron chi connectivity index (χ2n) is 4.68. The molecule has 0 bridgehead atoms. The summed E-state index contributed by atoms with van der Waals surface area (Å²) in [4.78, 5) is 4.33. The Kier molecular flexibility index (Phi) is 4.16. The van der Waals surface area contributed by atoms with E-state index in [-0.39, 0.29) is 0 Å². The largest absolute Gasteiger partial charge is 0.497 e. The average Bonchev–Trinajstić information content (AvgIpc) is 2.56. The van der Waals surface area contributed by atoms with Crippen molar-refractivity contribution in [3.05, 3.63) is 60.8 Å². The first-order valence-electron chi connectivity index (χ1n) is 6.82. The van der Waals surface area contributed by atoms with Gasteiger partial charge in [-0.25, -0.2) is 0 Å². The van der Waals surface area contributed by atoms with Crippen LogP contribution in [-0.2, 0) is 0 Å². The summed E-state index contributed by atoms with van der Waals surface area (Å²) in [5.74, 6) is 0.810. The minimum atomic E-state index is 0.529. The first-order chi connectivity index (χ1) is 10.8. The first kappa shape index (κ1) is 14.3. The van der Waals surface area contributed by atoms with Crippen molar-refractivity contribution in [3.63, 3.8) is 0 Å². The van der Waals surface area contributed by atoms with Crippen LogP contribution in [0, 0.1) is 0 Å². The smallest absolute Gasteiger partial charge is 0.175 e. The molecule has 0 fully saturated rings. The van der Waals surface area contributed by atoms with Gasteiger partial charge in [-0.3, -0.25) is 4.98 Å². The lowest BCUT2D eigenvalue weighted by Gasteiger charge is -2.12. The van der Waals surface area contributed by atoms with Gasteiger partial charge >= 0.3 is 0 Å². The molecule has 1 heterocycles. The zero-order valence-corrected chi connectivity index (χ0v) is 12.9. The number of rotatable bonds is 3. The number of ether oxygens (including phenoxy) is 1.